The zero-order valence-corrected chi connectivity index (χ0v) is 24.4. The number of aryl methyl sites for hydroxylation is 1. The molecule has 11 nitrogen and oxygen atoms in total. The van der Waals surface area contributed by atoms with Crippen LogP contribution in [0.3, 0.4) is 0 Å². The Labute approximate surface area is 253 Å². The number of aromatic hydroxyl groups is 2. The van der Waals surface area contributed by atoms with E-state index in [0.29, 0.717) is 63.5 Å². The molecular weight excluding hydrogens is 564 g/mol. The first-order valence-electron chi connectivity index (χ1n) is 14.7. The van der Waals surface area contributed by atoms with Crippen LogP contribution in [0.4, 0.5) is 0 Å². The van der Waals surface area contributed by atoms with Gasteiger partial charge in [-0.05, 0) is 49.9 Å². The number of carbonyl (C=O) groups excluding carboxylic acids is 2. The predicted octanol–water partition coefficient (Wildman–Crippen LogP) is 3.18. The number of phenols is 2. The van der Waals surface area contributed by atoms with E-state index in [-0.39, 0.29) is 30.9 Å². The number of phenolic OH excluding ortho intramolecular Hbond substituents is 2. The maximum atomic E-state index is 13.6. The lowest BCUT2D eigenvalue weighted by Crippen LogP contribution is -2.68. The fourth-order valence-electron chi connectivity index (χ4n) is 8.18. The van der Waals surface area contributed by atoms with Gasteiger partial charge in [-0.3, -0.25) is 19.4 Å². The van der Waals surface area contributed by atoms with E-state index >= 15 is 0 Å². The first-order valence-corrected chi connectivity index (χ1v) is 14.7. The van der Waals surface area contributed by atoms with Crippen molar-refractivity contribution in [2.24, 2.45) is 0 Å². The van der Waals surface area contributed by atoms with E-state index < -0.39 is 36.0 Å². The van der Waals surface area contributed by atoms with Crippen LogP contribution in [0.15, 0.2) is 30.3 Å². The maximum absolute atomic E-state index is 13.6. The number of piperazine rings is 1. The highest BCUT2D eigenvalue weighted by molar-refractivity contribution is 6.21. The molecule has 1 unspecified atom stereocenters. The molecule has 1 saturated heterocycles. The van der Waals surface area contributed by atoms with E-state index in [4.69, 9.17) is 14.2 Å². The van der Waals surface area contributed by atoms with Crippen molar-refractivity contribution in [1.82, 2.24) is 15.1 Å². The van der Waals surface area contributed by atoms with Gasteiger partial charge in [-0.1, -0.05) is 18.2 Å². The number of ether oxygens (including phenoxy) is 3. The number of amides is 2. The number of nitrogens with one attached hydrogen (secondary N) is 1. The smallest absolute Gasteiger partial charge is 0.261 e. The number of hydrogen-bond donors (Lipinski definition) is 3. The van der Waals surface area contributed by atoms with Crippen LogP contribution in [0, 0.1) is 25.2 Å². The van der Waals surface area contributed by atoms with Crippen LogP contribution in [0.25, 0.3) is 0 Å². The quantitative estimate of drug-likeness (QED) is 0.387. The molecule has 2 amide bonds. The molecule has 224 valence electrons. The van der Waals surface area contributed by atoms with Crippen molar-refractivity contribution in [2.45, 2.75) is 56.9 Å². The van der Waals surface area contributed by atoms with E-state index in [1.54, 1.807) is 31.2 Å². The van der Waals surface area contributed by atoms with Gasteiger partial charge in [-0.25, -0.2) is 0 Å². The average molecular weight is 595 g/mol. The molecule has 0 aromatic heterocycles. The molecule has 5 heterocycles. The second-order valence-electron chi connectivity index (χ2n) is 12.1. The second-order valence-corrected chi connectivity index (χ2v) is 12.1. The second kappa shape index (κ2) is 9.35. The van der Waals surface area contributed by atoms with Gasteiger partial charge in [0.05, 0.1) is 36.4 Å². The molecule has 5 aliphatic heterocycles. The molecule has 0 saturated carbocycles. The summed E-state index contributed by atoms with van der Waals surface area (Å²) in [6, 6.07) is 8.69. The summed E-state index contributed by atoms with van der Waals surface area (Å²) in [6.07, 6.45) is 0.796. The van der Waals surface area contributed by atoms with Crippen molar-refractivity contribution in [3.05, 3.63) is 74.8 Å². The van der Waals surface area contributed by atoms with Crippen molar-refractivity contribution < 1.29 is 34.0 Å². The van der Waals surface area contributed by atoms with E-state index in [9.17, 15) is 25.1 Å². The highest BCUT2D eigenvalue weighted by atomic mass is 16.7. The van der Waals surface area contributed by atoms with Gasteiger partial charge in [0.1, 0.15) is 11.8 Å². The summed E-state index contributed by atoms with van der Waals surface area (Å²) >= 11 is 0. The van der Waals surface area contributed by atoms with Gasteiger partial charge in [0.15, 0.2) is 23.0 Å². The molecule has 11 heteroatoms. The van der Waals surface area contributed by atoms with Crippen LogP contribution in [-0.2, 0) is 12.8 Å². The first kappa shape index (κ1) is 26.8. The molecule has 8 rings (SSSR count). The number of nitriles is 1. The molecule has 2 bridgehead atoms. The normalized spacial score (nSPS) is 26.0. The maximum Gasteiger partial charge on any atom is 0.261 e. The van der Waals surface area contributed by atoms with Crippen molar-refractivity contribution in [1.29, 1.82) is 5.26 Å². The number of methoxy groups -OCH3 is 1. The summed E-state index contributed by atoms with van der Waals surface area (Å²) in [5.74, 6) is 0.531. The molecule has 5 aliphatic rings. The number of benzene rings is 3. The minimum absolute atomic E-state index is 0.0376. The van der Waals surface area contributed by atoms with Gasteiger partial charge >= 0.3 is 0 Å². The zero-order valence-electron chi connectivity index (χ0n) is 24.4. The highest BCUT2D eigenvalue weighted by Crippen LogP contribution is 2.56. The first-order chi connectivity index (χ1) is 21.2. The molecule has 3 aromatic rings. The third-order valence-electron chi connectivity index (χ3n) is 10.0. The van der Waals surface area contributed by atoms with E-state index in [1.807, 2.05) is 13.0 Å². The Kier molecular flexibility index (Phi) is 5.70. The van der Waals surface area contributed by atoms with E-state index in [2.05, 4.69) is 16.3 Å². The summed E-state index contributed by atoms with van der Waals surface area (Å²) in [7, 11) is 1.52. The lowest BCUT2D eigenvalue weighted by Gasteiger charge is -2.57. The fraction of sp³-hybridized carbons (Fsp3) is 0.364. The molecule has 0 spiro atoms. The molecule has 3 N–H and O–H groups in total. The molecule has 0 radical (unpaired) electrons. The summed E-state index contributed by atoms with van der Waals surface area (Å²) < 4.78 is 17.3. The summed E-state index contributed by atoms with van der Waals surface area (Å²) in [5.41, 5.74) is 4.84. The minimum Gasteiger partial charge on any atom is -0.507 e. The van der Waals surface area contributed by atoms with Gasteiger partial charge in [0, 0.05) is 40.9 Å². The number of hydrogen-bond acceptors (Lipinski definition) is 10. The van der Waals surface area contributed by atoms with Gasteiger partial charge in [-0.2, -0.15) is 5.26 Å². The number of rotatable bonds is 3. The van der Waals surface area contributed by atoms with Crippen molar-refractivity contribution >= 4 is 11.8 Å². The Morgan fingerprint density at radius 2 is 1.75 bits per heavy atom. The van der Waals surface area contributed by atoms with Gasteiger partial charge < -0.3 is 29.7 Å². The summed E-state index contributed by atoms with van der Waals surface area (Å²) in [4.78, 5) is 30.5. The van der Waals surface area contributed by atoms with Gasteiger partial charge in [-0.15, -0.1) is 0 Å². The van der Waals surface area contributed by atoms with E-state index in [1.165, 1.54) is 12.0 Å². The predicted molar refractivity (Wildman–Crippen MR) is 155 cm³/mol. The molecule has 3 aromatic carbocycles. The van der Waals surface area contributed by atoms with Crippen LogP contribution >= 0.6 is 0 Å². The van der Waals surface area contributed by atoms with Crippen LogP contribution in [0.2, 0.25) is 0 Å². The Morgan fingerprint density at radius 3 is 2.43 bits per heavy atom. The van der Waals surface area contributed by atoms with Gasteiger partial charge in [0.2, 0.25) is 6.79 Å². The lowest BCUT2D eigenvalue weighted by atomic mass is 9.72. The Balaban J connectivity index is 1.33. The number of fused-ring (bicyclic) bond motifs is 10. The van der Waals surface area contributed by atoms with Crippen LogP contribution in [0.5, 0.6) is 28.7 Å². The van der Waals surface area contributed by atoms with E-state index in [0.717, 1.165) is 11.1 Å². The van der Waals surface area contributed by atoms with Crippen LogP contribution in [-0.4, -0.2) is 70.4 Å². The Bertz CT molecular complexity index is 1810. The largest absolute Gasteiger partial charge is 0.507 e. The number of imide groups is 1. The topological polar surface area (TPSA) is 145 Å². The Hall–Kier alpha value is -4.79. The minimum atomic E-state index is -0.708. The molecule has 0 aliphatic carbocycles. The van der Waals surface area contributed by atoms with Crippen molar-refractivity contribution in [3.63, 3.8) is 0 Å². The summed E-state index contributed by atoms with van der Waals surface area (Å²) in [5, 5.41) is 37.4. The van der Waals surface area contributed by atoms with Crippen LogP contribution in [0.1, 0.15) is 66.2 Å². The third-order valence-corrected chi connectivity index (χ3v) is 10.0. The van der Waals surface area contributed by atoms with Crippen LogP contribution < -0.4 is 19.5 Å². The monoisotopic (exact) mass is 594 g/mol. The molecular formula is C33H30N4O7. The van der Waals surface area contributed by atoms with Crippen molar-refractivity contribution in [3.8, 4) is 34.8 Å². The zero-order chi connectivity index (χ0) is 30.6. The standard InChI is InChI=1S/C33H30N4O7/c1-14-8-16-9-20-22(11-34)37-21(26(35-20)24(16)28(39)29(14)42-3)10-19-25(31-30(43-13-44-31)15(2)27(19)38)23(37)12-36-32(40)17-6-4-5-7-18(17)33(36)41/h4-8,20-23,26,35,38-39H,9-10,12-13H2,1-3H3/t20-,21?,22+,23+,26-/m1/s1. The average Bonchev–Trinajstić information content (AvgIpc) is 3.60. The number of nitrogens with zero attached hydrogens (tertiary/aromatic N) is 3. The SMILES string of the molecule is COc1c(C)cc2c(c1O)[C@@H]1N[C@H](C2)[C@H](C#N)N2C1Cc1c(O)c(C)c3c(c1[C@@H]2CN1C(=O)c2ccccc2C1=O)OCO3. The fourth-order valence-corrected chi connectivity index (χ4v) is 8.18. The molecule has 5 atom stereocenters. The van der Waals surface area contributed by atoms with Gasteiger partial charge in [0.25, 0.3) is 11.8 Å². The van der Waals surface area contributed by atoms with Crippen molar-refractivity contribution in [2.75, 3.05) is 20.4 Å². The molecule has 1 fully saturated rings. The molecule has 44 heavy (non-hydrogen) atoms. The Morgan fingerprint density at radius 1 is 1.05 bits per heavy atom. The highest BCUT2D eigenvalue weighted by Gasteiger charge is 2.55. The summed E-state index contributed by atoms with van der Waals surface area (Å²) in [6.45, 7) is 3.53. The third kappa shape index (κ3) is 3.38. The lowest BCUT2D eigenvalue weighted by molar-refractivity contribution is -0.0101. The number of carbonyl (C=O) groups is 2.